The van der Waals surface area contributed by atoms with Crippen molar-refractivity contribution >= 4 is 29.3 Å². The summed E-state index contributed by atoms with van der Waals surface area (Å²) in [5.74, 6) is -0.410. The molecule has 0 bridgehead atoms. The van der Waals surface area contributed by atoms with E-state index in [2.05, 4.69) is 35.8 Å². The molecule has 0 aliphatic rings. The molecular formula is C11H10N8O2S. The van der Waals surface area contributed by atoms with Crippen molar-refractivity contribution < 1.29 is 9.42 Å². The fourth-order valence-corrected chi connectivity index (χ4v) is 2.26. The molecule has 112 valence electrons. The number of carbonyl (C=O) groups excluding carboxylic acids is 1. The summed E-state index contributed by atoms with van der Waals surface area (Å²) in [6, 6.07) is 3.76. The zero-order chi connectivity index (χ0) is 15.5. The Morgan fingerprint density at radius 2 is 2.41 bits per heavy atom. The molecule has 0 spiro atoms. The van der Waals surface area contributed by atoms with Crippen LogP contribution in [0.1, 0.15) is 21.1 Å². The molecule has 3 aromatic rings. The number of nitrogen functional groups attached to an aromatic ring is 1. The third-order valence-electron chi connectivity index (χ3n) is 2.65. The fourth-order valence-electron chi connectivity index (χ4n) is 1.68. The highest BCUT2D eigenvalue weighted by Crippen LogP contribution is 2.14. The monoisotopic (exact) mass is 318 g/mol. The number of nitrogens with one attached hydrogen (secondary N) is 1. The van der Waals surface area contributed by atoms with Crippen LogP contribution in [0.2, 0.25) is 0 Å². The van der Waals surface area contributed by atoms with E-state index in [1.54, 1.807) is 6.92 Å². The van der Waals surface area contributed by atoms with Gasteiger partial charge in [-0.1, -0.05) is 11.3 Å². The highest BCUT2D eigenvalue weighted by molar-refractivity contribution is 7.11. The molecule has 10 nitrogen and oxygen atoms in total. The lowest BCUT2D eigenvalue weighted by molar-refractivity contribution is 0.0946. The predicted octanol–water partition coefficient (Wildman–Crippen LogP) is 0.366. The van der Waals surface area contributed by atoms with Gasteiger partial charge in [-0.05, 0) is 28.7 Å². The topological polar surface area (TPSA) is 137 Å². The van der Waals surface area contributed by atoms with Gasteiger partial charge in [0.25, 0.3) is 5.91 Å². The summed E-state index contributed by atoms with van der Waals surface area (Å²) in [6.45, 7) is 1.63. The maximum absolute atomic E-state index is 12.2. The Morgan fingerprint density at radius 1 is 1.55 bits per heavy atom. The number of hydrogen-bond donors (Lipinski definition) is 2. The van der Waals surface area contributed by atoms with Gasteiger partial charge in [0.05, 0.1) is 11.9 Å². The quantitative estimate of drug-likeness (QED) is 0.523. The summed E-state index contributed by atoms with van der Waals surface area (Å²) in [4.78, 5) is 13.2. The first-order valence-electron chi connectivity index (χ1n) is 6.04. The van der Waals surface area contributed by atoms with Crippen molar-refractivity contribution in [1.29, 1.82) is 0 Å². The summed E-state index contributed by atoms with van der Waals surface area (Å²) in [7, 11) is 0. The number of thiophene rings is 1. The first-order chi connectivity index (χ1) is 10.7. The first kappa shape index (κ1) is 13.9. The van der Waals surface area contributed by atoms with E-state index in [0.29, 0.717) is 5.69 Å². The Labute approximate surface area is 127 Å². The number of amides is 1. The van der Waals surface area contributed by atoms with Crippen LogP contribution >= 0.6 is 11.3 Å². The van der Waals surface area contributed by atoms with Crippen molar-refractivity contribution in [3.05, 3.63) is 33.8 Å². The molecule has 3 rings (SSSR count). The third kappa shape index (κ3) is 2.56. The summed E-state index contributed by atoms with van der Waals surface area (Å²) in [6.07, 6.45) is 1.54. The number of hydrogen-bond acceptors (Lipinski definition) is 9. The third-order valence-corrected chi connectivity index (χ3v) is 3.46. The van der Waals surface area contributed by atoms with E-state index in [1.807, 2.05) is 17.5 Å². The summed E-state index contributed by atoms with van der Waals surface area (Å²) >= 11 is 1.50. The van der Waals surface area contributed by atoms with Crippen LogP contribution in [0.5, 0.6) is 0 Å². The molecule has 0 saturated carbocycles. The van der Waals surface area contributed by atoms with E-state index in [-0.39, 0.29) is 17.3 Å². The van der Waals surface area contributed by atoms with Gasteiger partial charge in [-0.25, -0.2) is 10.1 Å². The minimum Gasteiger partial charge on any atom is -0.378 e. The highest BCUT2D eigenvalue weighted by atomic mass is 32.1. The number of aromatic nitrogens is 5. The first-order valence-corrected chi connectivity index (χ1v) is 6.92. The molecule has 0 radical (unpaired) electrons. The van der Waals surface area contributed by atoms with E-state index in [1.165, 1.54) is 17.6 Å². The van der Waals surface area contributed by atoms with Crippen LogP contribution in [-0.4, -0.2) is 37.4 Å². The molecule has 0 fully saturated rings. The summed E-state index contributed by atoms with van der Waals surface area (Å²) < 4.78 is 5.65. The van der Waals surface area contributed by atoms with Crippen molar-refractivity contribution in [3.63, 3.8) is 0 Å². The van der Waals surface area contributed by atoms with Gasteiger partial charge >= 0.3 is 0 Å². The van der Waals surface area contributed by atoms with Crippen LogP contribution in [0, 0.1) is 6.92 Å². The normalized spacial score (nSPS) is 11.1. The Balaban J connectivity index is 1.84. The minimum absolute atomic E-state index is 0.000960. The van der Waals surface area contributed by atoms with Crippen LogP contribution in [0.3, 0.4) is 0 Å². The molecule has 1 amide bonds. The van der Waals surface area contributed by atoms with Gasteiger partial charge in [0.2, 0.25) is 11.6 Å². The van der Waals surface area contributed by atoms with Crippen molar-refractivity contribution in [3.8, 4) is 5.82 Å². The number of nitrogens with zero attached hydrogens (tertiary/aromatic N) is 6. The number of anilines is 1. The lowest BCUT2D eigenvalue weighted by Gasteiger charge is -2.02. The molecule has 0 unspecified atom stereocenters. The minimum atomic E-state index is -0.502. The second-order valence-electron chi connectivity index (χ2n) is 4.12. The Hall–Kier alpha value is -3.08. The second-order valence-corrected chi connectivity index (χ2v) is 5.10. The molecule has 0 aromatic carbocycles. The average molecular weight is 318 g/mol. The number of rotatable bonds is 4. The molecule has 22 heavy (non-hydrogen) atoms. The lowest BCUT2D eigenvalue weighted by atomic mass is 10.3. The molecule has 0 saturated heterocycles. The van der Waals surface area contributed by atoms with E-state index < -0.39 is 5.91 Å². The summed E-state index contributed by atoms with van der Waals surface area (Å²) in [5, 5.41) is 20.5. The van der Waals surface area contributed by atoms with E-state index >= 15 is 0 Å². The zero-order valence-electron chi connectivity index (χ0n) is 11.3. The van der Waals surface area contributed by atoms with Crippen molar-refractivity contribution in [1.82, 2.24) is 30.7 Å². The van der Waals surface area contributed by atoms with Gasteiger partial charge in [-0.2, -0.15) is 9.78 Å². The molecule has 3 N–H and O–H groups in total. The Morgan fingerprint density at radius 3 is 3.09 bits per heavy atom. The van der Waals surface area contributed by atoms with Crippen molar-refractivity contribution in [2.45, 2.75) is 6.92 Å². The zero-order valence-corrected chi connectivity index (χ0v) is 12.1. The van der Waals surface area contributed by atoms with E-state index in [4.69, 9.17) is 5.73 Å². The van der Waals surface area contributed by atoms with Crippen LogP contribution in [-0.2, 0) is 0 Å². The molecule has 3 aromatic heterocycles. The average Bonchev–Trinajstić information content (AvgIpc) is 3.20. The summed E-state index contributed by atoms with van der Waals surface area (Å²) in [5.41, 5.74) is 8.54. The number of aryl methyl sites for hydroxylation is 1. The molecule has 0 aliphatic heterocycles. The van der Waals surface area contributed by atoms with E-state index in [9.17, 15) is 4.79 Å². The number of nitrogens with two attached hydrogens (primary N) is 1. The molecule has 3 heterocycles. The van der Waals surface area contributed by atoms with Gasteiger partial charge < -0.3 is 5.73 Å². The van der Waals surface area contributed by atoms with Gasteiger partial charge in [-0.3, -0.25) is 4.79 Å². The van der Waals surface area contributed by atoms with Gasteiger partial charge in [0.15, 0.2) is 5.69 Å². The van der Waals surface area contributed by atoms with Gasteiger partial charge in [0, 0.05) is 4.88 Å². The fraction of sp³-hybridized carbons (Fsp3) is 0.0909. The van der Waals surface area contributed by atoms with Crippen molar-refractivity contribution in [2.75, 3.05) is 5.73 Å². The van der Waals surface area contributed by atoms with Crippen molar-refractivity contribution in [2.24, 2.45) is 5.10 Å². The van der Waals surface area contributed by atoms with Crippen LogP contribution in [0.4, 0.5) is 5.82 Å². The van der Waals surface area contributed by atoms with Crippen LogP contribution in [0.25, 0.3) is 5.82 Å². The van der Waals surface area contributed by atoms with E-state index in [0.717, 1.165) is 9.56 Å². The number of carbonyl (C=O) groups is 1. The molecule has 0 aliphatic carbocycles. The Kier molecular flexibility index (Phi) is 3.62. The largest absolute Gasteiger partial charge is 0.378 e. The van der Waals surface area contributed by atoms with Gasteiger partial charge in [-0.15, -0.1) is 16.4 Å². The molecular weight excluding hydrogens is 308 g/mol. The predicted molar refractivity (Wildman–Crippen MR) is 77.7 cm³/mol. The SMILES string of the molecule is Cc1nnn(-c2nonc2N)c1C(=O)N/N=C/c1cccs1. The van der Waals surface area contributed by atoms with Crippen LogP contribution in [0.15, 0.2) is 27.2 Å². The number of hydrazone groups is 1. The van der Waals surface area contributed by atoms with Crippen LogP contribution < -0.4 is 11.2 Å². The van der Waals surface area contributed by atoms with Gasteiger partial charge in [0.1, 0.15) is 0 Å². The molecule has 0 atom stereocenters. The Bertz CT molecular complexity index is 819. The second kappa shape index (κ2) is 5.73. The maximum Gasteiger partial charge on any atom is 0.292 e. The standard InChI is InChI=1S/C11H10N8O2S/c1-6-8(11(20)15-13-5-7-3-2-4-22-7)19(18-14-6)10-9(12)16-21-17-10/h2-5H,1H3,(H2,12,16)(H,15,20)/b13-5+. The highest BCUT2D eigenvalue weighted by Gasteiger charge is 2.22. The lowest BCUT2D eigenvalue weighted by Crippen LogP contribution is -2.22. The maximum atomic E-state index is 12.2. The smallest absolute Gasteiger partial charge is 0.292 e. The molecule has 11 heteroatoms.